The van der Waals surface area contributed by atoms with Gasteiger partial charge in [-0.25, -0.2) is 43.9 Å². The fourth-order valence-electron chi connectivity index (χ4n) is 2.79. The molecular weight excluding hydrogens is 494 g/mol. The van der Waals surface area contributed by atoms with Crippen LogP contribution in [0.1, 0.15) is 50.0 Å². The number of rotatable bonds is 7. The Bertz CT molecular complexity index is 1000. The Morgan fingerprint density at radius 3 is 0.941 bits per heavy atom. The van der Waals surface area contributed by atoms with Crippen LogP contribution in [0.15, 0.2) is 0 Å². The lowest BCUT2D eigenvalue weighted by Gasteiger charge is -2.17. The predicted molar refractivity (Wildman–Crippen MR) is 90.7 cm³/mol. The summed E-state index contributed by atoms with van der Waals surface area (Å²) < 4.78 is 143. The first-order valence-corrected chi connectivity index (χ1v) is 9.12. The van der Waals surface area contributed by atoms with Gasteiger partial charge in [0.05, 0.1) is 24.0 Å². The quantitative estimate of drug-likeness (QED) is 0.207. The molecule has 0 aromatic heterocycles. The zero-order valence-electron chi connectivity index (χ0n) is 17.0. The summed E-state index contributed by atoms with van der Waals surface area (Å²) in [6, 6.07) is 0. The highest BCUT2D eigenvalue weighted by molar-refractivity contribution is 5.78. The van der Waals surface area contributed by atoms with Gasteiger partial charge in [0.15, 0.2) is 46.5 Å². The molecule has 34 heavy (non-hydrogen) atoms. The average molecular weight is 506 g/mol. The van der Waals surface area contributed by atoms with Crippen LogP contribution in [0.25, 0.3) is 0 Å². The third-order valence-corrected chi connectivity index (χ3v) is 4.45. The van der Waals surface area contributed by atoms with Crippen molar-refractivity contribution in [3.63, 3.8) is 0 Å². The van der Waals surface area contributed by atoms with E-state index in [1.54, 1.807) is 0 Å². The predicted octanol–water partition coefficient (Wildman–Crippen LogP) is 5.77. The lowest BCUT2D eigenvalue weighted by Crippen LogP contribution is -2.18. The number of benzene rings is 2. The van der Waals surface area contributed by atoms with Crippen molar-refractivity contribution in [2.45, 2.75) is 38.9 Å². The normalized spacial score (nSPS) is 12.9. The van der Waals surface area contributed by atoms with Crippen LogP contribution in [0.2, 0.25) is 0 Å². The van der Waals surface area contributed by atoms with Gasteiger partial charge in [-0.1, -0.05) is 0 Å². The van der Waals surface area contributed by atoms with E-state index in [9.17, 15) is 53.5 Å². The summed E-state index contributed by atoms with van der Waals surface area (Å²) in [6.45, 7) is 1.56. The summed E-state index contributed by atoms with van der Waals surface area (Å²) in [6.07, 6.45) is -5.77. The molecule has 0 aliphatic rings. The van der Waals surface area contributed by atoms with E-state index in [0.29, 0.717) is 0 Å². The Balaban J connectivity index is 2.04. The minimum Gasteiger partial charge on any atom is -0.458 e. The number of carbonyl (C=O) groups is 2. The molecule has 0 amide bonds. The number of ether oxygens (including phenoxy) is 2. The highest BCUT2D eigenvalue weighted by Crippen LogP contribution is 2.31. The van der Waals surface area contributed by atoms with Crippen LogP contribution in [-0.4, -0.2) is 11.9 Å². The van der Waals surface area contributed by atoms with Crippen molar-refractivity contribution in [3.05, 3.63) is 69.3 Å². The van der Waals surface area contributed by atoms with Crippen LogP contribution in [0, 0.1) is 58.2 Å². The van der Waals surface area contributed by atoms with Crippen molar-refractivity contribution in [2.75, 3.05) is 0 Å². The van der Waals surface area contributed by atoms with Crippen LogP contribution in [0.3, 0.4) is 0 Å². The molecule has 14 heteroatoms. The van der Waals surface area contributed by atoms with Gasteiger partial charge in [-0.2, -0.15) is 0 Å². The first kappa shape index (κ1) is 26.9. The van der Waals surface area contributed by atoms with Crippen molar-refractivity contribution < 1.29 is 63.0 Å². The molecule has 0 fully saturated rings. The lowest BCUT2D eigenvalue weighted by molar-refractivity contribution is -0.155. The largest absolute Gasteiger partial charge is 0.458 e. The number of halogens is 10. The molecule has 2 unspecified atom stereocenters. The van der Waals surface area contributed by atoms with Crippen molar-refractivity contribution in [2.24, 2.45) is 0 Å². The molecule has 0 heterocycles. The topological polar surface area (TPSA) is 52.6 Å². The molecule has 4 nitrogen and oxygen atoms in total. The van der Waals surface area contributed by atoms with Gasteiger partial charge >= 0.3 is 11.9 Å². The van der Waals surface area contributed by atoms with E-state index in [1.807, 2.05) is 0 Å². The molecule has 0 saturated carbocycles. The second-order valence-electron chi connectivity index (χ2n) is 6.73. The molecule has 2 aromatic rings. The number of hydrogen-bond donors (Lipinski definition) is 0. The fourth-order valence-corrected chi connectivity index (χ4v) is 2.79. The van der Waals surface area contributed by atoms with Crippen molar-refractivity contribution in [1.82, 2.24) is 0 Å². The Labute approximate surface area is 184 Å². The second kappa shape index (κ2) is 10.3. The summed E-state index contributed by atoms with van der Waals surface area (Å²) in [5.41, 5.74) is -2.90. The molecule has 0 N–H and O–H groups in total. The van der Waals surface area contributed by atoms with E-state index >= 15 is 0 Å². The van der Waals surface area contributed by atoms with Gasteiger partial charge in [-0.05, 0) is 13.8 Å². The zero-order valence-corrected chi connectivity index (χ0v) is 17.0. The van der Waals surface area contributed by atoms with Crippen molar-refractivity contribution in [1.29, 1.82) is 0 Å². The van der Waals surface area contributed by atoms with Gasteiger partial charge in [0.2, 0.25) is 11.6 Å². The Hall–Kier alpha value is -3.32. The summed E-state index contributed by atoms with van der Waals surface area (Å²) in [4.78, 5) is 23.6. The van der Waals surface area contributed by atoms with Gasteiger partial charge in [0.1, 0.15) is 12.2 Å². The summed E-state index contributed by atoms with van der Waals surface area (Å²) in [7, 11) is 0. The van der Waals surface area contributed by atoms with Crippen LogP contribution in [0.5, 0.6) is 0 Å². The van der Waals surface area contributed by atoms with Crippen molar-refractivity contribution >= 4 is 11.9 Å². The molecule has 0 saturated heterocycles. The third kappa shape index (κ3) is 5.09. The molecular formula is C20H12F10O4. The number of hydrogen-bond acceptors (Lipinski definition) is 4. The van der Waals surface area contributed by atoms with Crippen LogP contribution in [0.4, 0.5) is 43.9 Å². The molecule has 0 bridgehead atoms. The van der Waals surface area contributed by atoms with E-state index in [2.05, 4.69) is 9.47 Å². The van der Waals surface area contributed by atoms with E-state index < -0.39 is 106 Å². The van der Waals surface area contributed by atoms with Crippen LogP contribution >= 0.6 is 0 Å². The zero-order chi connectivity index (χ0) is 26.1. The SMILES string of the molecule is CC(OC(=O)CCC(=O)OC(C)c1c(F)c(F)c(F)c(F)c1F)c1c(F)c(F)c(F)c(F)c1F. The Kier molecular flexibility index (Phi) is 8.16. The maximum absolute atomic E-state index is 13.7. The molecule has 0 spiro atoms. The highest BCUT2D eigenvalue weighted by Gasteiger charge is 2.32. The molecule has 0 aliphatic heterocycles. The van der Waals surface area contributed by atoms with E-state index in [4.69, 9.17) is 0 Å². The van der Waals surface area contributed by atoms with Gasteiger partial charge in [-0.3, -0.25) is 9.59 Å². The van der Waals surface area contributed by atoms with Gasteiger partial charge in [-0.15, -0.1) is 0 Å². The van der Waals surface area contributed by atoms with Gasteiger partial charge < -0.3 is 9.47 Å². The lowest BCUT2D eigenvalue weighted by atomic mass is 10.1. The monoisotopic (exact) mass is 506 g/mol. The summed E-state index contributed by atoms with van der Waals surface area (Å²) in [5, 5.41) is 0. The first-order valence-electron chi connectivity index (χ1n) is 9.12. The van der Waals surface area contributed by atoms with E-state index in [0.717, 1.165) is 13.8 Å². The van der Waals surface area contributed by atoms with Crippen molar-refractivity contribution in [3.8, 4) is 0 Å². The molecule has 0 aliphatic carbocycles. The Morgan fingerprint density at radius 2 is 0.706 bits per heavy atom. The van der Waals surface area contributed by atoms with E-state index in [1.165, 1.54) is 0 Å². The fraction of sp³-hybridized carbons (Fsp3) is 0.300. The van der Waals surface area contributed by atoms with E-state index in [-0.39, 0.29) is 0 Å². The third-order valence-electron chi connectivity index (χ3n) is 4.45. The highest BCUT2D eigenvalue weighted by atomic mass is 19.2. The summed E-state index contributed by atoms with van der Waals surface area (Å²) in [5.74, 6) is -25.7. The molecule has 0 radical (unpaired) electrons. The standard InChI is InChI=1S/C20H12F10O4/c1-5(9-11(21)15(25)19(29)16(26)12(9)22)33-7(31)3-4-8(32)34-6(2)10-13(23)17(27)20(30)18(28)14(10)24/h5-6H,3-4H2,1-2H3. The minimum absolute atomic E-state index is 0.778. The average Bonchev–Trinajstić information content (AvgIpc) is 2.77. The number of esters is 2. The molecule has 2 atom stereocenters. The smallest absolute Gasteiger partial charge is 0.306 e. The van der Waals surface area contributed by atoms with Gasteiger partial charge in [0, 0.05) is 0 Å². The van der Waals surface area contributed by atoms with Crippen LogP contribution < -0.4 is 0 Å². The maximum atomic E-state index is 13.7. The molecule has 186 valence electrons. The van der Waals surface area contributed by atoms with Crippen LogP contribution in [-0.2, 0) is 19.1 Å². The first-order chi connectivity index (χ1) is 15.7. The molecule has 2 rings (SSSR count). The minimum atomic E-state index is -2.43. The molecule has 2 aromatic carbocycles. The summed E-state index contributed by atoms with van der Waals surface area (Å²) >= 11 is 0. The van der Waals surface area contributed by atoms with Gasteiger partial charge in [0.25, 0.3) is 0 Å². The maximum Gasteiger partial charge on any atom is 0.306 e. The second-order valence-corrected chi connectivity index (χ2v) is 6.73. The Morgan fingerprint density at radius 1 is 0.500 bits per heavy atom. The number of carbonyl (C=O) groups excluding carboxylic acids is 2.